The molecule has 16 heavy (non-hydrogen) atoms. The molecule has 0 aromatic rings. The van der Waals surface area contributed by atoms with Gasteiger partial charge in [-0.1, -0.05) is 0 Å². The molecule has 3 rings (SSSR count). The lowest BCUT2D eigenvalue weighted by Gasteiger charge is -2.22. The highest BCUT2D eigenvalue weighted by Gasteiger charge is 2.58. The normalized spacial score (nSPS) is 41.5. The van der Waals surface area contributed by atoms with E-state index in [0.29, 0.717) is 11.8 Å². The van der Waals surface area contributed by atoms with Gasteiger partial charge in [0.1, 0.15) is 0 Å². The lowest BCUT2D eigenvalue weighted by Crippen LogP contribution is -2.35. The Morgan fingerprint density at radius 2 is 2.06 bits per heavy atom. The van der Waals surface area contributed by atoms with Crippen molar-refractivity contribution in [3.8, 4) is 0 Å². The smallest absolute Gasteiger partial charge is 0.247 e. The molecule has 0 bridgehead atoms. The van der Waals surface area contributed by atoms with Crippen LogP contribution in [0.5, 0.6) is 0 Å². The number of nitrogens with one attached hydrogen (secondary N) is 1. The molecule has 0 spiro atoms. The van der Waals surface area contributed by atoms with Crippen LogP contribution in [-0.4, -0.2) is 32.0 Å². The zero-order chi connectivity index (χ0) is 11.0. The summed E-state index contributed by atoms with van der Waals surface area (Å²) in [6, 6.07) is 0. The van der Waals surface area contributed by atoms with Crippen molar-refractivity contribution >= 4 is 5.91 Å². The van der Waals surface area contributed by atoms with E-state index in [2.05, 4.69) is 5.48 Å². The van der Waals surface area contributed by atoms with E-state index in [4.69, 9.17) is 14.3 Å². The Morgan fingerprint density at radius 3 is 2.75 bits per heavy atom. The van der Waals surface area contributed by atoms with Gasteiger partial charge in [0, 0.05) is 24.9 Å². The molecule has 0 radical (unpaired) electrons. The van der Waals surface area contributed by atoms with Crippen LogP contribution in [0.1, 0.15) is 19.3 Å². The fourth-order valence-corrected chi connectivity index (χ4v) is 2.62. The second kappa shape index (κ2) is 4.31. The van der Waals surface area contributed by atoms with E-state index in [1.807, 2.05) is 0 Å². The summed E-state index contributed by atoms with van der Waals surface area (Å²) in [5.41, 5.74) is 2.52. The highest BCUT2D eigenvalue weighted by atomic mass is 16.8. The van der Waals surface area contributed by atoms with E-state index < -0.39 is 0 Å². The summed E-state index contributed by atoms with van der Waals surface area (Å²) in [5.74, 6) is 0.955. The molecule has 1 N–H and O–H groups in total. The van der Waals surface area contributed by atoms with Gasteiger partial charge in [0.2, 0.25) is 5.91 Å². The van der Waals surface area contributed by atoms with Crippen molar-refractivity contribution < 1.29 is 19.1 Å². The Bertz CT molecular complexity index is 267. The maximum Gasteiger partial charge on any atom is 0.247 e. The predicted molar refractivity (Wildman–Crippen MR) is 54.1 cm³/mol. The van der Waals surface area contributed by atoms with Crippen LogP contribution in [0.25, 0.3) is 0 Å². The maximum atomic E-state index is 11.7. The van der Waals surface area contributed by atoms with Gasteiger partial charge in [-0.25, -0.2) is 10.3 Å². The molecule has 0 aromatic heterocycles. The molecule has 0 aromatic carbocycles. The standard InChI is InChI=1S/C11H17NO4/c13-11(10-7-5-14-6-8(7)10)12-16-9-3-1-2-4-15-9/h7-10H,1-6H2,(H,12,13)/t7-,8+,9?,10?. The van der Waals surface area contributed by atoms with Crippen LogP contribution in [0.15, 0.2) is 0 Å². The van der Waals surface area contributed by atoms with Gasteiger partial charge in [0.05, 0.1) is 19.1 Å². The summed E-state index contributed by atoms with van der Waals surface area (Å²) >= 11 is 0. The highest BCUT2D eigenvalue weighted by molar-refractivity contribution is 5.81. The van der Waals surface area contributed by atoms with Crippen LogP contribution in [0.3, 0.4) is 0 Å². The zero-order valence-corrected chi connectivity index (χ0v) is 9.19. The van der Waals surface area contributed by atoms with Crippen molar-refractivity contribution in [3.05, 3.63) is 0 Å². The lowest BCUT2D eigenvalue weighted by molar-refractivity contribution is -0.201. The second-order valence-electron chi connectivity index (χ2n) is 4.77. The van der Waals surface area contributed by atoms with Crippen LogP contribution >= 0.6 is 0 Å². The van der Waals surface area contributed by atoms with Crippen LogP contribution in [0.2, 0.25) is 0 Å². The van der Waals surface area contributed by atoms with E-state index in [0.717, 1.165) is 39.1 Å². The molecule has 5 nitrogen and oxygen atoms in total. The summed E-state index contributed by atoms with van der Waals surface area (Å²) in [6.07, 6.45) is 2.79. The molecule has 2 aliphatic heterocycles. The number of fused-ring (bicyclic) bond motifs is 1. The number of hydrogen-bond acceptors (Lipinski definition) is 4. The highest BCUT2D eigenvalue weighted by Crippen LogP contribution is 2.50. The van der Waals surface area contributed by atoms with Crippen LogP contribution < -0.4 is 5.48 Å². The second-order valence-corrected chi connectivity index (χ2v) is 4.77. The number of hydroxylamine groups is 1. The summed E-state index contributed by atoms with van der Waals surface area (Å²) in [5, 5.41) is 0. The van der Waals surface area contributed by atoms with Crippen LogP contribution in [0.4, 0.5) is 0 Å². The first kappa shape index (κ1) is 10.5. The minimum absolute atomic E-state index is 0.00697. The molecule has 4 atom stereocenters. The van der Waals surface area contributed by atoms with Gasteiger partial charge in [0.25, 0.3) is 0 Å². The third-order valence-electron chi connectivity index (χ3n) is 3.68. The molecular weight excluding hydrogens is 210 g/mol. The number of amides is 1. The topological polar surface area (TPSA) is 56.8 Å². The van der Waals surface area contributed by atoms with Gasteiger partial charge in [-0.2, -0.15) is 0 Å². The first-order valence-electron chi connectivity index (χ1n) is 6.01. The quantitative estimate of drug-likeness (QED) is 0.711. The SMILES string of the molecule is O=C(NOC1CCCCO1)C1[C@H]2COC[C@@H]12. The number of carbonyl (C=O) groups excluding carboxylic acids is 1. The zero-order valence-electron chi connectivity index (χ0n) is 9.19. The van der Waals surface area contributed by atoms with Crippen molar-refractivity contribution in [1.29, 1.82) is 0 Å². The van der Waals surface area contributed by atoms with Gasteiger partial charge in [0.15, 0.2) is 6.29 Å². The third-order valence-corrected chi connectivity index (χ3v) is 3.68. The summed E-state index contributed by atoms with van der Waals surface area (Å²) in [7, 11) is 0. The van der Waals surface area contributed by atoms with Crippen molar-refractivity contribution in [3.63, 3.8) is 0 Å². The van der Waals surface area contributed by atoms with Crippen molar-refractivity contribution in [2.75, 3.05) is 19.8 Å². The van der Waals surface area contributed by atoms with Gasteiger partial charge in [-0.15, -0.1) is 0 Å². The number of hydrogen-bond donors (Lipinski definition) is 1. The molecule has 2 heterocycles. The van der Waals surface area contributed by atoms with Gasteiger partial charge in [-0.3, -0.25) is 4.79 Å². The number of rotatable bonds is 3. The minimum atomic E-state index is -0.257. The minimum Gasteiger partial charge on any atom is -0.381 e. The fourth-order valence-electron chi connectivity index (χ4n) is 2.62. The molecule has 2 unspecified atom stereocenters. The average molecular weight is 227 g/mol. The van der Waals surface area contributed by atoms with Crippen molar-refractivity contribution in [2.24, 2.45) is 17.8 Å². The first-order valence-corrected chi connectivity index (χ1v) is 6.01. The Balaban J connectivity index is 1.40. The summed E-state index contributed by atoms with van der Waals surface area (Å²) < 4.78 is 10.6. The predicted octanol–water partition coefficient (Wildman–Crippen LogP) is 0.453. The van der Waals surface area contributed by atoms with Gasteiger partial charge in [-0.05, 0) is 12.8 Å². The molecule has 3 aliphatic rings. The molecule has 5 heteroatoms. The summed E-state index contributed by atoms with van der Waals surface area (Å²) in [6.45, 7) is 2.18. The van der Waals surface area contributed by atoms with Crippen LogP contribution in [0, 0.1) is 17.8 Å². The molecule has 90 valence electrons. The van der Waals surface area contributed by atoms with E-state index in [-0.39, 0.29) is 18.1 Å². The molecule has 1 aliphatic carbocycles. The number of ether oxygens (including phenoxy) is 2. The third kappa shape index (κ3) is 1.95. The Morgan fingerprint density at radius 1 is 1.25 bits per heavy atom. The molecular formula is C11H17NO4. The van der Waals surface area contributed by atoms with E-state index in [9.17, 15) is 4.79 Å². The maximum absolute atomic E-state index is 11.7. The monoisotopic (exact) mass is 227 g/mol. The lowest BCUT2D eigenvalue weighted by atomic mass is 10.2. The fraction of sp³-hybridized carbons (Fsp3) is 0.909. The van der Waals surface area contributed by atoms with Gasteiger partial charge >= 0.3 is 0 Å². The first-order chi connectivity index (χ1) is 7.86. The summed E-state index contributed by atoms with van der Waals surface area (Å²) in [4.78, 5) is 17.0. The Labute approximate surface area is 94.4 Å². The molecule has 1 amide bonds. The molecule has 3 fully saturated rings. The molecule has 2 saturated heterocycles. The largest absolute Gasteiger partial charge is 0.381 e. The van der Waals surface area contributed by atoms with Crippen molar-refractivity contribution in [1.82, 2.24) is 5.48 Å². The van der Waals surface area contributed by atoms with E-state index in [1.54, 1.807) is 0 Å². The Kier molecular flexibility index (Phi) is 2.83. The van der Waals surface area contributed by atoms with E-state index >= 15 is 0 Å². The van der Waals surface area contributed by atoms with E-state index in [1.165, 1.54) is 0 Å². The Hall–Kier alpha value is -0.650. The average Bonchev–Trinajstić information content (AvgIpc) is 2.81. The van der Waals surface area contributed by atoms with Gasteiger partial charge < -0.3 is 9.47 Å². The number of carbonyl (C=O) groups is 1. The molecule has 1 saturated carbocycles. The van der Waals surface area contributed by atoms with Crippen LogP contribution in [-0.2, 0) is 19.1 Å². The van der Waals surface area contributed by atoms with Crippen molar-refractivity contribution in [2.45, 2.75) is 25.6 Å².